The Kier molecular flexibility index (Phi) is 3.94. The Morgan fingerprint density at radius 3 is 2.84 bits per heavy atom. The topological polar surface area (TPSA) is 73.8 Å². The van der Waals surface area contributed by atoms with E-state index >= 15 is 0 Å². The van der Waals surface area contributed by atoms with Gasteiger partial charge in [-0.25, -0.2) is 4.68 Å². The van der Waals surface area contributed by atoms with Crippen LogP contribution in [0.15, 0.2) is 24.4 Å². The number of hydrogen-bond acceptors (Lipinski definition) is 4. The van der Waals surface area contributed by atoms with Gasteiger partial charge in [-0.3, -0.25) is 10.1 Å². The summed E-state index contributed by atoms with van der Waals surface area (Å²) < 4.78 is 1.62. The molecule has 0 aliphatic rings. The van der Waals surface area contributed by atoms with Crippen LogP contribution in [0.1, 0.15) is 29.4 Å². The molecular formula is C12H13BrN4O2. The van der Waals surface area contributed by atoms with E-state index in [1.54, 1.807) is 23.7 Å². The van der Waals surface area contributed by atoms with Gasteiger partial charge in [0.25, 0.3) is 5.69 Å². The Balaban J connectivity index is 2.35. The molecule has 0 saturated heterocycles. The molecule has 0 fully saturated rings. The molecule has 1 aromatic heterocycles. The second-order valence-electron chi connectivity index (χ2n) is 4.19. The zero-order valence-corrected chi connectivity index (χ0v) is 12.2. The SMILES string of the molecule is CCC(Br)c1cn(-c2ccc([N+](=O)[O-])c(C)c2)nn1. The zero-order chi connectivity index (χ0) is 14.0. The third-order valence-electron chi connectivity index (χ3n) is 2.83. The molecule has 0 N–H and O–H groups in total. The lowest BCUT2D eigenvalue weighted by molar-refractivity contribution is -0.385. The number of aryl methyl sites for hydroxylation is 1. The van der Waals surface area contributed by atoms with Crippen molar-refractivity contribution >= 4 is 21.6 Å². The Bertz CT molecular complexity index is 612. The average molecular weight is 325 g/mol. The Morgan fingerprint density at radius 2 is 2.26 bits per heavy atom. The van der Waals surface area contributed by atoms with Gasteiger partial charge in [-0.1, -0.05) is 28.1 Å². The summed E-state index contributed by atoms with van der Waals surface area (Å²) in [5.41, 5.74) is 2.32. The minimum absolute atomic E-state index is 0.107. The number of aromatic nitrogens is 3. The number of nitro groups is 1. The summed E-state index contributed by atoms with van der Waals surface area (Å²) in [4.78, 5) is 10.5. The van der Waals surface area contributed by atoms with Crippen LogP contribution in [0.25, 0.3) is 5.69 Å². The van der Waals surface area contributed by atoms with Gasteiger partial charge >= 0.3 is 0 Å². The zero-order valence-electron chi connectivity index (χ0n) is 10.6. The molecule has 0 amide bonds. The van der Waals surface area contributed by atoms with Gasteiger partial charge in [0.2, 0.25) is 0 Å². The van der Waals surface area contributed by atoms with E-state index in [1.165, 1.54) is 6.07 Å². The molecule has 1 aromatic carbocycles. The van der Waals surface area contributed by atoms with Crippen molar-refractivity contribution in [1.82, 2.24) is 15.0 Å². The largest absolute Gasteiger partial charge is 0.272 e. The van der Waals surface area contributed by atoms with Gasteiger partial charge in [-0.05, 0) is 25.5 Å². The molecule has 6 nitrogen and oxygen atoms in total. The van der Waals surface area contributed by atoms with E-state index in [9.17, 15) is 10.1 Å². The maximum Gasteiger partial charge on any atom is 0.272 e. The highest BCUT2D eigenvalue weighted by atomic mass is 79.9. The predicted octanol–water partition coefficient (Wildman–Crippen LogP) is 3.33. The molecule has 0 radical (unpaired) electrons. The highest BCUT2D eigenvalue weighted by Gasteiger charge is 2.13. The van der Waals surface area contributed by atoms with E-state index < -0.39 is 4.92 Å². The van der Waals surface area contributed by atoms with Crippen LogP contribution < -0.4 is 0 Å². The quantitative estimate of drug-likeness (QED) is 0.491. The highest BCUT2D eigenvalue weighted by molar-refractivity contribution is 9.09. The van der Waals surface area contributed by atoms with E-state index in [1.807, 2.05) is 6.20 Å². The summed E-state index contributed by atoms with van der Waals surface area (Å²) in [6.45, 7) is 3.76. The summed E-state index contributed by atoms with van der Waals surface area (Å²) >= 11 is 3.51. The minimum atomic E-state index is -0.391. The number of nitrogens with zero attached hydrogens (tertiary/aromatic N) is 4. The number of nitro benzene ring substituents is 1. The van der Waals surface area contributed by atoms with E-state index in [0.717, 1.165) is 17.8 Å². The predicted molar refractivity (Wildman–Crippen MR) is 74.7 cm³/mol. The fourth-order valence-electron chi connectivity index (χ4n) is 1.74. The molecule has 0 spiro atoms. The maximum absolute atomic E-state index is 10.8. The van der Waals surface area contributed by atoms with Crippen molar-refractivity contribution in [2.75, 3.05) is 0 Å². The monoisotopic (exact) mass is 324 g/mol. The number of halogens is 1. The standard InChI is InChI=1S/C12H13BrN4O2/c1-3-10(13)11-7-16(15-14-11)9-4-5-12(17(18)19)8(2)6-9/h4-7,10H,3H2,1-2H3. The van der Waals surface area contributed by atoms with Crippen molar-refractivity contribution in [3.05, 3.63) is 45.8 Å². The molecule has 1 unspecified atom stereocenters. The minimum Gasteiger partial charge on any atom is -0.258 e. The summed E-state index contributed by atoms with van der Waals surface area (Å²) in [6.07, 6.45) is 2.74. The Hall–Kier alpha value is -1.76. The second kappa shape index (κ2) is 5.48. The van der Waals surface area contributed by atoms with E-state index in [4.69, 9.17) is 0 Å². The van der Waals surface area contributed by atoms with Crippen LogP contribution in [0, 0.1) is 17.0 Å². The maximum atomic E-state index is 10.8. The molecular weight excluding hydrogens is 312 g/mol. The van der Waals surface area contributed by atoms with Crippen LogP contribution in [0.3, 0.4) is 0 Å². The van der Waals surface area contributed by atoms with Crippen molar-refractivity contribution in [2.24, 2.45) is 0 Å². The molecule has 7 heteroatoms. The summed E-state index contributed by atoms with van der Waals surface area (Å²) in [5.74, 6) is 0. The molecule has 1 heterocycles. The Morgan fingerprint density at radius 1 is 1.53 bits per heavy atom. The number of rotatable bonds is 4. The number of benzene rings is 1. The smallest absolute Gasteiger partial charge is 0.258 e. The second-order valence-corrected chi connectivity index (χ2v) is 5.30. The molecule has 0 aliphatic heterocycles. The molecule has 0 bridgehead atoms. The third-order valence-corrected chi connectivity index (χ3v) is 3.95. The van der Waals surface area contributed by atoms with Gasteiger partial charge in [-0.15, -0.1) is 5.10 Å². The van der Waals surface area contributed by atoms with Gasteiger partial charge in [-0.2, -0.15) is 0 Å². The fourth-order valence-corrected chi connectivity index (χ4v) is 1.95. The van der Waals surface area contributed by atoms with Gasteiger partial charge in [0.15, 0.2) is 0 Å². The molecule has 0 saturated carbocycles. The number of alkyl halides is 1. The first-order chi connectivity index (χ1) is 9.02. The van der Waals surface area contributed by atoms with Crippen LogP contribution in [0.4, 0.5) is 5.69 Å². The lowest BCUT2D eigenvalue weighted by atomic mass is 10.2. The molecule has 19 heavy (non-hydrogen) atoms. The average Bonchev–Trinajstić information content (AvgIpc) is 2.86. The van der Waals surface area contributed by atoms with E-state index in [0.29, 0.717) is 5.56 Å². The van der Waals surface area contributed by atoms with Gasteiger partial charge in [0.1, 0.15) is 0 Å². The third kappa shape index (κ3) is 2.81. The summed E-state index contributed by atoms with van der Waals surface area (Å²) in [5, 5.41) is 18.9. The highest BCUT2D eigenvalue weighted by Crippen LogP contribution is 2.25. The lowest BCUT2D eigenvalue weighted by Crippen LogP contribution is -1.98. The van der Waals surface area contributed by atoms with Crippen LogP contribution in [-0.4, -0.2) is 19.9 Å². The van der Waals surface area contributed by atoms with Crippen LogP contribution in [0.5, 0.6) is 0 Å². The molecule has 100 valence electrons. The molecule has 1 atom stereocenters. The van der Waals surface area contributed by atoms with E-state index in [2.05, 4.69) is 33.2 Å². The summed E-state index contributed by atoms with van der Waals surface area (Å²) in [7, 11) is 0. The van der Waals surface area contributed by atoms with Crippen molar-refractivity contribution in [3.8, 4) is 5.69 Å². The van der Waals surface area contributed by atoms with Crippen molar-refractivity contribution in [2.45, 2.75) is 25.1 Å². The van der Waals surface area contributed by atoms with Gasteiger partial charge < -0.3 is 0 Å². The first-order valence-corrected chi connectivity index (χ1v) is 6.76. The normalized spacial score (nSPS) is 12.4. The van der Waals surface area contributed by atoms with Gasteiger partial charge in [0, 0.05) is 11.6 Å². The first kappa shape index (κ1) is 13.7. The molecule has 2 rings (SSSR count). The van der Waals surface area contributed by atoms with Gasteiger partial charge in [0.05, 0.1) is 27.3 Å². The number of hydrogen-bond donors (Lipinski definition) is 0. The van der Waals surface area contributed by atoms with Crippen LogP contribution in [-0.2, 0) is 0 Å². The molecule has 0 aliphatic carbocycles. The lowest BCUT2D eigenvalue weighted by Gasteiger charge is -2.02. The van der Waals surface area contributed by atoms with Crippen molar-refractivity contribution in [1.29, 1.82) is 0 Å². The summed E-state index contributed by atoms with van der Waals surface area (Å²) in [6, 6.07) is 4.88. The van der Waals surface area contributed by atoms with Crippen molar-refractivity contribution < 1.29 is 4.92 Å². The first-order valence-electron chi connectivity index (χ1n) is 5.84. The fraction of sp³-hybridized carbons (Fsp3) is 0.333. The van der Waals surface area contributed by atoms with Crippen LogP contribution in [0.2, 0.25) is 0 Å². The van der Waals surface area contributed by atoms with Crippen LogP contribution >= 0.6 is 15.9 Å². The van der Waals surface area contributed by atoms with E-state index in [-0.39, 0.29) is 10.5 Å². The van der Waals surface area contributed by atoms with Crippen molar-refractivity contribution in [3.63, 3.8) is 0 Å². The molecule has 2 aromatic rings. The Labute approximate surface area is 118 Å².